The number of nitrogens with zero attached hydrogens (tertiary/aromatic N) is 2. The first kappa shape index (κ1) is 20.4. The molecule has 166 valence electrons. The lowest BCUT2D eigenvalue weighted by atomic mass is 9.92. The number of ether oxygens (including phenoxy) is 2. The molecule has 0 radical (unpaired) electrons. The maximum atomic E-state index is 13.3. The standard InChI is InChI=1S/C24H25N3O5/c1-31-19-11-16-8-10-26(13-17(16)12-20(19)32-2)21(28)14-27-22(29)24(25-23(27)30)9-7-15-5-3-4-6-18(15)24/h3-6,11-12H,7-10,13-14H2,1-2H3,(H,25,30). The number of hydrogen-bond acceptors (Lipinski definition) is 5. The third kappa shape index (κ3) is 3.01. The highest BCUT2D eigenvalue weighted by Gasteiger charge is 2.55. The summed E-state index contributed by atoms with van der Waals surface area (Å²) in [6.07, 6.45) is 1.90. The number of aryl methyl sites for hydroxylation is 1. The van der Waals surface area contributed by atoms with E-state index in [0.717, 1.165) is 33.6 Å². The smallest absolute Gasteiger partial charge is 0.325 e. The number of rotatable bonds is 4. The van der Waals surface area contributed by atoms with E-state index in [9.17, 15) is 14.4 Å². The number of urea groups is 1. The van der Waals surface area contributed by atoms with Gasteiger partial charge in [0.05, 0.1) is 14.2 Å². The Kier molecular flexibility index (Phi) is 4.80. The second kappa shape index (κ2) is 7.55. The van der Waals surface area contributed by atoms with Crippen molar-refractivity contribution in [1.82, 2.24) is 15.1 Å². The Bertz CT molecular complexity index is 1130. The predicted octanol–water partition coefficient (Wildman–Crippen LogP) is 1.98. The Labute approximate surface area is 186 Å². The summed E-state index contributed by atoms with van der Waals surface area (Å²) in [4.78, 5) is 41.9. The van der Waals surface area contributed by atoms with Gasteiger partial charge < -0.3 is 19.7 Å². The summed E-state index contributed by atoms with van der Waals surface area (Å²) < 4.78 is 10.7. The number of benzene rings is 2. The van der Waals surface area contributed by atoms with Crippen molar-refractivity contribution in [1.29, 1.82) is 0 Å². The predicted molar refractivity (Wildman–Crippen MR) is 115 cm³/mol. The van der Waals surface area contributed by atoms with Gasteiger partial charge in [-0.1, -0.05) is 24.3 Å². The van der Waals surface area contributed by atoms with Crippen LogP contribution < -0.4 is 14.8 Å². The quantitative estimate of drug-likeness (QED) is 0.742. The van der Waals surface area contributed by atoms with E-state index in [4.69, 9.17) is 9.47 Å². The minimum absolute atomic E-state index is 0.253. The molecule has 2 aromatic rings. The van der Waals surface area contributed by atoms with Crippen molar-refractivity contribution in [3.8, 4) is 11.5 Å². The Hall–Kier alpha value is -3.55. The van der Waals surface area contributed by atoms with Gasteiger partial charge in [0.25, 0.3) is 5.91 Å². The van der Waals surface area contributed by atoms with Crippen molar-refractivity contribution in [3.05, 3.63) is 58.7 Å². The maximum absolute atomic E-state index is 13.3. The molecule has 4 amide bonds. The van der Waals surface area contributed by atoms with E-state index in [-0.39, 0.29) is 18.4 Å². The van der Waals surface area contributed by atoms with Crippen LogP contribution in [0.5, 0.6) is 11.5 Å². The van der Waals surface area contributed by atoms with Crippen LogP contribution in [0.4, 0.5) is 4.79 Å². The van der Waals surface area contributed by atoms with Gasteiger partial charge in [0.2, 0.25) is 5.91 Å². The number of fused-ring (bicyclic) bond motifs is 3. The summed E-state index contributed by atoms with van der Waals surface area (Å²) in [6, 6.07) is 11.0. The molecule has 1 spiro atoms. The molecule has 5 rings (SSSR count). The number of amides is 4. The van der Waals surface area contributed by atoms with Gasteiger partial charge in [-0.05, 0) is 53.6 Å². The zero-order valence-electron chi connectivity index (χ0n) is 18.1. The van der Waals surface area contributed by atoms with Crippen LogP contribution in [0.1, 0.15) is 28.7 Å². The fraction of sp³-hybridized carbons (Fsp3) is 0.375. The highest BCUT2D eigenvalue weighted by atomic mass is 16.5. The molecular formula is C24H25N3O5. The van der Waals surface area contributed by atoms with Crippen molar-refractivity contribution in [2.45, 2.75) is 31.3 Å². The summed E-state index contributed by atoms with van der Waals surface area (Å²) >= 11 is 0. The van der Waals surface area contributed by atoms with Crippen LogP contribution in [0.25, 0.3) is 0 Å². The van der Waals surface area contributed by atoms with Crippen LogP contribution in [0.3, 0.4) is 0 Å². The zero-order valence-corrected chi connectivity index (χ0v) is 18.1. The molecule has 1 aliphatic carbocycles. The van der Waals surface area contributed by atoms with Gasteiger partial charge in [-0.25, -0.2) is 4.79 Å². The fourth-order valence-corrected chi connectivity index (χ4v) is 5.06. The summed E-state index contributed by atoms with van der Waals surface area (Å²) in [5.41, 5.74) is 2.92. The Morgan fingerprint density at radius 1 is 1.03 bits per heavy atom. The molecule has 2 aromatic carbocycles. The lowest BCUT2D eigenvalue weighted by molar-refractivity contribution is -0.139. The fourth-order valence-electron chi connectivity index (χ4n) is 5.06. The van der Waals surface area contributed by atoms with Gasteiger partial charge >= 0.3 is 6.03 Å². The molecule has 1 fully saturated rings. The minimum Gasteiger partial charge on any atom is -0.493 e. The summed E-state index contributed by atoms with van der Waals surface area (Å²) in [5, 5.41) is 2.87. The third-order valence-electron chi connectivity index (χ3n) is 6.79. The topological polar surface area (TPSA) is 88.2 Å². The minimum atomic E-state index is -1.05. The van der Waals surface area contributed by atoms with Gasteiger partial charge in [0.15, 0.2) is 11.5 Å². The van der Waals surface area contributed by atoms with Crippen LogP contribution in [0.2, 0.25) is 0 Å². The van der Waals surface area contributed by atoms with Crippen molar-refractivity contribution in [3.63, 3.8) is 0 Å². The molecule has 1 atom stereocenters. The molecule has 0 aromatic heterocycles. The molecule has 3 aliphatic rings. The van der Waals surface area contributed by atoms with Gasteiger partial charge in [-0.15, -0.1) is 0 Å². The Morgan fingerprint density at radius 3 is 2.50 bits per heavy atom. The van der Waals surface area contributed by atoms with E-state index in [1.165, 1.54) is 0 Å². The highest BCUT2D eigenvalue weighted by molar-refractivity contribution is 6.09. The second-order valence-electron chi connectivity index (χ2n) is 8.43. The number of nitrogens with one attached hydrogen (secondary N) is 1. The van der Waals surface area contributed by atoms with Gasteiger partial charge in [0.1, 0.15) is 12.1 Å². The van der Waals surface area contributed by atoms with E-state index in [2.05, 4.69) is 5.32 Å². The van der Waals surface area contributed by atoms with Crippen LogP contribution in [-0.4, -0.2) is 55.0 Å². The highest BCUT2D eigenvalue weighted by Crippen LogP contribution is 2.41. The van der Waals surface area contributed by atoms with E-state index in [0.29, 0.717) is 37.4 Å². The average Bonchev–Trinajstić information content (AvgIpc) is 3.30. The van der Waals surface area contributed by atoms with Crippen molar-refractivity contribution < 1.29 is 23.9 Å². The Balaban J connectivity index is 1.33. The molecule has 1 unspecified atom stereocenters. The molecule has 8 nitrogen and oxygen atoms in total. The van der Waals surface area contributed by atoms with Crippen LogP contribution in [0, 0.1) is 0 Å². The van der Waals surface area contributed by atoms with Crippen molar-refractivity contribution in [2.24, 2.45) is 0 Å². The summed E-state index contributed by atoms with van der Waals surface area (Å²) in [6.45, 7) is 0.641. The molecule has 0 saturated carbocycles. The van der Waals surface area contributed by atoms with Crippen molar-refractivity contribution in [2.75, 3.05) is 27.3 Å². The maximum Gasteiger partial charge on any atom is 0.325 e. The molecule has 0 bridgehead atoms. The monoisotopic (exact) mass is 435 g/mol. The molecule has 2 aliphatic heterocycles. The third-order valence-corrected chi connectivity index (χ3v) is 6.79. The van der Waals surface area contributed by atoms with Crippen LogP contribution in [0.15, 0.2) is 36.4 Å². The number of methoxy groups -OCH3 is 2. The zero-order chi connectivity index (χ0) is 22.5. The van der Waals surface area contributed by atoms with Crippen molar-refractivity contribution >= 4 is 17.8 Å². The molecule has 1 N–H and O–H groups in total. The lowest BCUT2D eigenvalue weighted by Gasteiger charge is -2.30. The first-order chi connectivity index (χ1) is 15.5. The van der Waals surface area contributed by atoms with Gasteiger partial charge in [-0.2, -0.15) is 0 Å². The van der Waals surface area contributed by atoms with E-state index in [1.54, 1.807) is 19.1 Å². The number of hydrogen-bond donors (Lipinski definition) is 1. The molecule has 1 saturated heterocycles. The molecule has 8 heteroatoms. The first-order valence-corrected chi connectivity index (χ1v) is 10.7. The van der Waals surface area contributed by atoms with Crippen LogP contribution >= 0.6 is 0 Å². The molecule has 2 heterocycles. The van der Waals surface area contributed by atoms with E-state index in [1.807, 2.05) is 36.4 Å². The van der Waals surface area contributed by atoms with E-state index < -0.39 is 11.6 Å². The summed E-state index contributed by atoms with van der Waals surface area (Å²) in [5.74, 6) is 0.672. The largest absolute Gasteiger partial charge is 0.493 e. The lowest BCUT2D eigenvalue weighted by Crippen LogP contribution is -2.46. The number of imide groups is 1. The second-order valence-corrected chi connectivity index (χ2v) is 8.43. The first-order valence-electron chi connectivity index (χ1n) is 10.7. The molecule has 32 heavy (non-hydrogen) atoms. The van der Waals surface area contributed by atoms with Gasteiger partial charge in [0, 0.05) is 13.1 Å². The average molecular weight is 435 g/mol. The Morgan fingerprint density at radius 2 is 1.75 bits per heavy atom. The number of carbonyl (C=O) groups excluding carboxylic acids is 3. The molecular weight excluding hydrogens is 410 g/mol. The SMILES string of the molecule is COc1cc2c(cc1OC)CN(C(=O)CN1C(=O)NC3(CCc4ccccc43)C1=O)CC2. The van der Waals surface area contributed by atoms with Gasteiger partial charge in [-0.3, -0.25) is 14.5 Å². The van der Waals surface area contributed by atoms with Crippen LogP contribution in [-0.2, 0) is 34.5 Å². The normalized spacial score (nSPS) is 21.4. The number of carbonyl (C=O) groups is 3. The van der Waals surface area contributed by atoms with E-state index >= 15 is 0 Å². The summed E-state index contributed by atoms with van der Waals surface area (Å²) in [7, 11) is 3.17.